The van der Waals surface area contributed by atoms with Crippen LogP contribution >= 0.6 is 0 Å². The van der Waals surface area contributed by atoms with Gasteiger partial charge in [-0.2, -0.15) is 0 Å². The van der Waals surface area contributed by atoms with Crippen molar-refractivity contribution in [2.45, 2.75) is 43.8 Å². The van der Waals surface area contributed by atoms with Crippen LogP contribution in [0.25, 0.3) is 0 Å². The lowest BCUT2D eigenvalue weighted by Gasteiger charge is -2.39. The molecule has 124 valence electrons. The summed E-state index contributed by atoms with van der Waals surface area (Å²) in [6.45, 7) is 5.55. The Balaban J connectivity index is 1.76. The fourth-order valence-electron chi connectivity index (χ4n) is 2.92. The first kappa shape index (κ1) is 16.6. The summed E-state index contributed by atoms with van der Waals surface area (Å²) in [7, 11) is -1.13. The van der Waals surface area contributed by atoms with Crippen molar-refractivity contribution in [3.05, 3.63) is 53.0 Å². The Bertz CT molecular complexity index is 625. The van der Waals surface area contributed by atoms with E-state index in [0.717, 1.165) is 36.3 Å². The molecule has 2 aliphatic rings. The molecule has 0 saturated carbocycles. The van der Waals surface area contributed by atoms with Gasteiger partial charge in [0.1, 0.15) is 0 Å². The molecular formula is C19H24O3S. The molecule has 3 nitrogen and oxygen atoms in total. The molecule has 4 heteroatoms. The Morgan fingerprint density at radius 2 is 2.00 bits per heavy atom. The number of benzene rings is 1. The first-order valence-corrected chi connectivity index (χ1v) is 9.45. The number of allylic oxidation sites excluding steroid dienone is 1. The van der Waals surface area contributed by atoms with E-state index in [1.165, 1.54) is 5.56 Å². The number of rotatable bonds is 3. The Kier molecular flexibility index (Phi) is 5.14. The average molecular weight is 332 g/mol. The molecule has 1 spiro atoms. The van der Waals surface area contributed by atoms with E-state index in [4.69, 9.17) is 9.47 Å². The van der Waals surface area contributed by atoms with Crippen molar-refractivity contribution in [2.24, 2.45) is 5.92 Å². The lowest BCUT2D eigenvalue weighted by molar-refractivity contribution is -0.232. The third-order valence-corrected chi connectivity index (χ3v) is 5.56. The van der Waals surface area contributed by atoms with Gasteiger partial charge in [-0.25, -0.2) is 4.21 Å². The summed E-state index contributed by atoms with van der Waals surface area (Å²) in [5, 5.41) is 1.77. The standard InChI is InChI=1S/C19H24O3S/c1-15-5-7-18(8-6-15)23(20)12-9-17-13-19(22-14-16(17)2)10-3-4-11-21-19/h5-9,12-13,16H,3-4,10-11,14H2,1-2H3/b12-9-/t16-,19-,23?/m1/s1. The molecule has 0 radical (unpaired) electrons. The van der Waals surface area contributed by atoms with Crippen LogP contribution in [-0.2, 0) is 20.3 Å². The van der Waals surface area contributed by atoms with Crippen LogP contribution in [0.5, 0.6) is 0 Å². The van der Waals surface area contributed by atoms with E-state index in [1.807, 2.05) is 37.3 Å². The lowest BCUT2D eigenvalue weighted by Crippen LogP contribution is -2.41. The van der Waals surface area contributed by atoms with Crippen LogP contribution in [-0.4, -0.2) is 23.2 Å². The summed E-state index contributed by atoms with van der Waals surface area (Å²) in [5.41, 5.74) is 2.32. The Morgan fingerprint density at radius 3 is 2.70 bits per heavy atom. The van der Waals surface area contributed by atoms with Gasteiger partial charge >= 0.3 is 0 Å². The van der Waals surface area contributed by atoms with Crippen LogP contribution in [0.1, 0.15) is 31.7 Å². The van der Waals surface area contributed by atoms with Crippen LogP contribution in [0, 0.1) is 12.8 Å². The van der Waals surface area contributed by atoms with E-state index >= 15 is 0 Å². The van der Waals surface area contributed by atoms with Crippen molar-refractivity contribution in [1.82, 2.24) is 0 Å². The minimum atomic E-state index is -1.13. The van der Waals surface area contributed by atoms with Gasteiger partial charge < -0.3 is 9.47 Å². The molecule has 0 aliphatic carbocycles. The second-order valence-electron chi connectivity index (χ2n) is 6.39. The van der Waals surface area contributed by atoms with Gasteiger partial charge in [0.15, 0.2) is 5.79 Å². The van der Waals surface area contributed by atoms with Gasteiger partial charge in [0, 0.05) is 22.6 Å². The summed E-state index contributed by atoms with van der Waals surface area (Å²) in [6.07, 6.45) is 7.18. The number of aryl methyl sites for hydroxylation is 1. The summed E-state index contributed by atoms with van der Waals surface area (Å²) in [6, 6.07) is 7.82. The third-order valence-electron chi connectivity index (χ3n) is 4.44. The van der Waals surface area contributed by atoms with Crippen molar-refractivity contribution in [1.29, 1.82) is 0 Å². The quantitative estimate of drug-likeness (QED) is 0.836. The first-order chi connectivity index (χ1) is 11.1. The first-order valence-electron chi connectivity index (χ1n) is 8.24. The molecule has 1 aromatic rings. The van der Waals surface area contributed by atoms with E-state index in [1.54, 1.807) is 5.41 Å². The zero-order valence-electron chi connectivity index (χ0n) is 13.8. The maximum absolute atomic E-state index is 12.4. The van der Waals surface area contributed by atoms with Crippen LogP contribution in [0.4, 0.5) is 0 Å². The van der Waals surface area contributed by atoms with E-state index in [-0.39, 0.29) is 5.92 Å². The predicted octanol–water partition coefficient (Wildman–Crippen LogP) is 4.11. The molecule has 0 N–H and O–H groups in total. The average Bonchev–Trinajstić information content (AvgIpc) is 2.57. The highest BCUT2D eigenvalue weighted by molar-refractivity contribution is 7.88. The Labute approximate surface area is 140 Å². The smallest absolute Gasteiger partial charge is 0.188 e. The summed E-state index contributed by atoms with van der Waals surface area (Å²) in [5.74, 6) is -0.270. The molecule has 2 heterocycles. The highest BCUT2D eigenvalue weighted by Gasteiger charge is 2.36. The van der Waals surface area contributed by atoms with Crippen molar-refractivity contribution >= 4 is 10.8 Å². The van der Waals surface area contributed by atoms with Crippen molar-refractivity contribution in [3.63, 3.8) is 0 Å². The second kappa shape index (κ2) is 7.12. The van der Waals surface area contributed by atoms with Crippen LogP contribution in [0.2, 0.25) is 0 Å². The van der Waals surface area contributed by atoms with Gasteiger partial charge in [-0.1, -0.05) is 24.6 Å². The molecule has 1 aromatic carbocycles. The molecule has 3 atom stereocenters. The van der Waals surface area contributed by atoms with Crippen molar-refractivity contribution in [2.75, 3.05) is 13.2 Å². The van der Waals surface area contributed by atoms with Gasteiger partial charge in [-0.05, 0) is 49.6 Å². The monoisotopic (exact) mass is 332 g/mol. The zero-order valence-corrected chi connectivity index (χ0v) is 14.6. The zero-order chi connectivity index (χ0) is 16.3. The molecule has 0 amide bonds. The molecule has 2 aliphatic heterocycles. The van der Waals surface area contributed by atoms with Crippen LogP contribution in [0.15, 0.2) is 52.3 Å². The topological polar surface area (TPSA) is 35.5 Å². The molecule has 1 unspecified atom stereocenters. The molecule has 0 bridgehead atoms. The van der Waals surface area contributed by atoms with E-state index in [0.29, 0.717) is 6.61 Å². The lowest BCUT2D eigenvalue weighted by atomic mass is 9.93. The number of hydrogen-bond acceptors (Lipinski definition) is 3. The molecule has 0 aromatic heterocycles. The molecule has 1 fully saturated rings. The molecule has 3 rings (SSSR count). The third kappa shape index (κ3) is 4.00. The Morgan fingerprint density at radius 1 is 1.22 bits per heavy atom. The van der Waals surface area contributed by atoms with Crippen LogP contribution in [0.3, 0.4) is 0 Å². The fourth-order valence-corrected chi connectivity index (χ4v) is 3.76. The van der Waals surface area contributed by atoms with Gasteiger partial charge in [-0.15, -0.1) is 0 Å². The predicted molar refractivity (Wildman–Crippen MR) is 92.5 cm³/mol. The summed E-state index contributed by atoms with van der Waals surface area (Å²) >= 11 is 0. The number of hydrogen-bond donors (Lipinski definition) is 0. The Hall–Kier alpha value is -1.23. The largest absolute Gasteiger partial charge is 0.346 e. The minimum absolute atomic E-state index is 0.289. The molecule has 1 saturated heterocycles. The minimum Gasteiger partial charge on any atom is -0.346 e. The second-order valence-corrected chi connectivity index (χ2v) is 7.73. The SMILES string of the molecule is Cc1ccc(S(=O)/C=C\C2=C[C@@]3(CCCCO3)OC[C@H]2C)cc1. The summed E-state index contributed by atoms with van der Waals surface area (Å²) in [4.78, 5) is 0.829. The molecule has 23 heavy (non-hydrogen) atoms. The normalized spacial score (nSPS) is 29.7. The van der Waals surface area contributed by atoms with Gasteiger partial charge in [-0.3, -0.25) is 0 Å². The molecular weight excluding hydrogens is 308 g/mol. The van der Waals surface area contributed by atoms with E-state index in [9.17, 15) is 4.21 Å². The highest BCUT2D eigenvalue weighted by Crippen LogP contribution is 2.35. The van der Waals surface area contributed by atoms with E-state index < -0.39 is 16.6 Å². The van der Waals surface area contributed by atoms with Gasteiger partial charge in [0.05, 0.1) is 24.0 Å². The fraction of sp³-hybridized carbons (Fsp3) is 0.474. The van der Waals surface area contributed by atoms with Gasteiger partial charge in [0.25, 0.3) is 0 Å². The van der Waals surface area contributed by atoms with Crippen LogP contribution < -0.4 is 0 Å². The maximum Gasteiger partial charge on any atom is 0.188 e. The van der Waals surface area contributed by atoms with E-state index in [2.05, 4.69) is 13.0 Å². The maximum atomic E-state index is 12.4. The number of ether oxygens (including phenoxy) is 2. The van der Waals surface area contributed by atoms with Gasteiger partial charge in [0.2, 0.25) is 0 Å². The highest BCUT2D eigenvalue weighted by atomic mass is 32.2. The van der Waals surface area contributed by atoms with Crippen molar-refractivity contribution < 1.29 is 13.7 Å². The van der Waals surface area contributed by atoms with Crippen molar-refractivity contribution in [3.8, 4) is 0 Å². The summed E-state index contributed by atoms with van der Waals surface area (Å²) < 4.78 is 24.2.